The maximum absolute atomic E-state index is 13.0. The van der Waals surface area contributed by atoms with E-state index in [1.54, 1.807) is 28.8 Å². The van der Waals surface area contributed by atoms with Gasteiger partial charge in [-0.25, -0.2) is 8.42 Å². The number of Topliss-reactive ketones (excluding diaryl/α,β-unsaturated/α-hetero) is 1. The van der Waals surface area contributed by atoms with Gasteiger partial charge in [-0.3, -0.25) is 9.69 Å². The van der Waals surface area contributed by atoms with Crippen LogP contribution in [-0.4, -0.2) is 60.7 Å². The normalized spacial score (nSPS) is 16.1. The van der Waals surface area contributed by atoms with E-state index >= 15 is 0 Å². The molecule has 1 aliphatic heterocycles. The molecule has 0 amide bonds. The highest BCUT2D eigenvalue weighted by atomic mass is 32.2. The number of sulfonamides is 1. The van der Waals surface area contributed by atoms with E-state index in [1.807, 2.05) is 19.9 Å². The fraction of sp³-hybridized carbons (Fsp3) is 0.409. The number of aryl methyl sites for hydroxylation is 2. The molecule has 0 bridgehead atoms. The topological polar surface area (TPSA) is 62.6 Å². The summed E-state index contributed by atoms with van der Waals surface area (Å²) in [6.45, 7) is 7.20. The Morgan fingerprint density at radius 1 is 1.03 bits per heavy atom. The highest BCUT2D eigenvalue weighted by molar-refractivity contribution is 7.91. The molecule has 6 nitrogen and oxygen atoms in total. The van der Waals surface area contributed by atoms with E-state index in [9.17, 15) is 13.2 Å². The highest BCUT2D eigenvalue weighted by Crippen LogP contribution is 2.23. The molecule has 1 fully saturated rings. The quantitative estimate of drug-likeness (QED) is 0.465. The van der Waals surface area contributed by atoms with Crippen molar-refractivity contribution in [3.8, 4) is 0 Å². The molecule has 0 N–H and O–H groups in total. The van der Waals surface area contributed by atoms with E-state index in [-0.39, 0.29) is 5.78 Å². The predicted molar refractivity (Wildman–Crippen MR) is 126 cm³/mol. The van der Waals surface area contributed by atoms with Gasteiger partial charge < -0.3 is 4.57 Å². The van der Waals surface area contributed by atoms with Crippen LogP contribution in [0.5, 0.6) is 0 Å². The number of aromatic nitrogens is 1. The number of ketones is 1. The number of nitrogens with zero attached hydrogens (tertiary/aromatic N) is 3. The van der Waals surface area contributed by atoms with Gasteiger partial charge in [0.05, 0.1) is 6.54 Å². The summed E-state index contributed by atoms with van der Waals surface area (Å²) >= 11 is 3.00. The van der Waals surface area contributed by atoms with E-state index < -0.39 is 10.0 Å². The van der Waals surface area contributed by atoms with Crippen LogP contribution in [0.4, 0.5) is 0 Å². The fourth-order valence-electron chi connectivity index (χ4n) is 4.06. The van der Waals surface area contributed by atoms with Crippen molar-refractivity contribution in [3.05, 3.63) is 62.9 Å². The second-order valence-electron chi connectivity index (χ2n) is 7.80. The van der Waals surface area contributed by atoms with Gasteiger partial charge in [-0.05, 0) is 49.2 Å². The average Bonchev–Trinajstić information content (AvgIpc) is 3.50. The molecule has 1 saturated heterocycles. The van der Waals surface area contributed by atoms with Crippen LogP contribution in [0.25, 0.3) is 0 Å². The Balaban J connectivity index is 1.35. The predicted octanol–water partition coefficient (Wildman–Crippen LogP) is 3.66. The summed E-state index contributed by atoms with van der Waals surface area (Å²) in [6, 6.07) is 9.59. The van der Waals surface area contributed by atoms with Crippen LogP contribution in [0.1, 0.15) is 26.6 Å². The first-order valence-corrected chi connectivity index (χ1v) is 13.5. The zero-order chi connectivity index (χ0) is 22.0. The van der Waals surface area contributed by atoms with Gasteiger partial charge in [-0.1, -0.05) is 12.1 Å². The Morgan fingerprint density at radius 3 is 2.39 bits per heavy atom. The molecule has 1 aliphatic rings. The number of thiophene rings is 2. The summed E-state index contributed by atoms with van der Waals surface area (Å²) < 4.78 is 29.5. The average molecular weight is 478 g/mol. The second kappa shape index (κ2) is 9.38. The Labute approximate surface area is 191 Å². The minimum absolute atomic E-state index is 0.102. The first kappa shape index (κ1) is 22.4. The van der Waals surface area contributed by atoms with Crippen LogP contribution >= 0.6 is 22.7 Å². The lowest BCUT2D eigenvalue weighted by atomic mass is 10.1. The van der Waals surface area contributed by atoms with Crippen molar-refractivity contribution in [1.82, 2.24) is 13.8 Å². The van der Waals surface area contributed by atoms with Crippen molar-refractivity contribution in [2.45, 2.75) is 31.0 Å². The Morgan fingerprint density at radius 2 is 1.74 bits per heavy atom. The number of hydrogen-bond acceptors (Lipinski definition) is 6. The monoisotopic (exact) mass is 477 g/mol. The van der Waals surface area contributed by atoms with E-state index in [1.165, 1.54) is 20.5 Å². The van der Waals surface area contributed by atoms with Crippen molar-refractivity contribution in [3.63, 3.8) is 0 Å². The summed E-state index contributed by atoms with van der Waals surface area (Å²) in [6.07, 6.45) is 0.961. The van der Waals surface area contributed by atoms with Crippen molar-refractivity contribution >= 4 is 38.5 Å². The minimum Gasteiger partial charge on any atom is -0.348 e. The molecule has 3 aromatic heterocycles. The number of hydrogen-bond donors (Lipinski definition) is 0. The zero-order valence-corrected chi connectivity index (χ0v) is 20.2. The molecular weight excluding hydrogens is 450 g/mol. The lowest BCUT2D eigenvalue weighted by Crippen LogP contribution is -2.49. The summed E-state index contributed by atoms with van der Waals surface area (Å²) in [7, 11) is -3.42. The molecule has 0 radical (unpaired) electrons. The van der Waals surface area contributed by atoms with Crippen LogP contribution in [0, 0.1) is 13.8 Å². The molecular formula is C22H27N3O3S3. The molecule has 4 rings (SSSR count). The van der Waals surface area contributed by atoms with Gasteiger partial charge in [0, 0.05) is 54.6 Å². The summed E-state index contributed by atoms with van der Waals surface area (Å²) in [5.41, 5.74) is 2.89. The highest BCUT2D eigenvalue weighted by Gasteiger charge is 2.30. The molecule has 31 heavy (non-hydrogen) atoms. The second-order valence-corrected chi connectivity index (χ2v) is 11.9. The molecule has 166 valence electrons. The van der Waals surface area contributed by atoms with E-state index in [2.05, 4.69) is 27.0 Å². The third-order valence-corrected chi connectivity index (χ3v) is 10.0. The maximum atomic E-state index is 13.0. The number of rotatable bonds is 8. The van der Waals surface area contributed by atoms with Gasteiger partial charge in [0.15, 0.2) is 5.78 Å². The maximum Gasteiger partial charge on any atom is 0.252 e. The van der Waals surface area contributed by atoms with Gasteiger partial charge in [-0.15, -0.1) is 22.7 Å². The van der Waals surface area contributed by atoms with Crippen LogP contribution in [0.3, 0.4) is 0 Å². The summed E-state index contributed by atoms with van der Waals surface area (Å²) in [5.74, 6) is 0.102. The zero-order valence-electron chi connectivity index (χ0n) is 17.8. The van der Waals surface area contributed by atoms with Crippen molar-refractivity contribution in [2.24, 2.45) is 0 Å². The molecule has 3 aromatic rings. The number of piperazine rings is 1. The Hall–Kier alpha value is -1.78. The Kier molecular flexibility index (Phi) is 6.78. The van der Waals surface area contributed by atoms with Gasteiger partial charge in [0.2, 0.25) is 0 Å². The van der Waals surface area contributed by atoms with Gasteiger partial charge in [-0.2, -0.15) is 4.31 Å². The third kappa shape index (κ3) is 4.85. The van der Waals surface area contributed by atoms with Crippen LogP contribution in [-0.2, 0) is 23.0 Å². The largest absolute Gasteiger partial charge is 0.348 e. The lowest BCUT2D eigenvalue weighted by molar-refractivity contribution is 0.0901. The van der Waals surface area contributed by atoms with Gasteiger partial charge >= 0.3 is 0 Å². The standard InChI is InChI=1S/C22H27N3O3S3/c1-17-15-20(18(2)25(17)8-7-19-5-3-13-29-19)21(26)16-23-9-11-24(12-10-23)31(27,28)22-6-4-14-30-22/h3-6,13-15H,7-12,16H2,1-2H3. The molecule has 0 unspecified atom stereocenters. The van der Waals surface area contributed by atoms with E-state index in [0.29, 0.717) is 36.9 Å². The van der Waals surface area contributed by atoms with Crippen LogP contribution in [0.15, 0.2) is 45.3 Å². The Bertz CT molecular complexity index is 1120. The van der Waals surface area contributed by atoms with Crippen molar-refractivity contribution < 1.29 is 13.2 Å². The third-order valence-electron chi connectivity index (χ3n) is 5.82. The first-order chi connectivity index (χ1) is 14.9. The number of carbonyl (C=O) groups excluding carboxylic acids is 1. The van der Waals surface area contributed by atoms with Crippen LogP contribution < -0.4 is 0 Å². The molecule has 9 heteroatoms. The number of carbonyl (C=O) groups is 1. The van der Waals surface area contributed by atoms with Crippen LogP contribution in [0.2, 0.25) is 0 Å². The lowest BCUT2D eigenvalue weighted by Gasteiger charge is -2.33. The fourth-order valence-corrected chi connectivity index (χ4v) is 7.32. The van der Waals surface area contributed by atoms with Crippen molar-refractivity contribution in [2.75, 3.05) is 32.7 Å². The van der Waals surface area contributed by atoms with Gasteiger partial charge in [0.25, 0.3) is 10.0 Å². The van der Waals surface area contributed by atoms with Crippen molar-refractivity contribution in [1.29, 1.82) is 0 Å². The molecule has 0 spiro atoms. The smallest absolute Gasteiger partial charge is 0.252 e. The van der Waals surface area contributed by atoms with E-state index in [0.717, 1.165) is 29.9 Å². The molecule has 0 saturated carbocycles. The summed E-state index contributed by atoms with van der Waals surface area (Å²) in [4.78, 5) is 16.4. The summed E-state index contributed by atoms with van der Waals surface area (Å²) in [5, 5.41) is 3.86. The molecule has 0 atom stereocenters. The van der Waals surface area contributed by atoms with E-state index in [4.69, 9.17) is 0 Å². The van der Waals surface area contributed by atoms with Gasteiger partial charge in [0.1, 0.15) is 4.21 Å². The SMILES string of the molecule is Cc1cc(C(=O)CN2CCN(S(=O)(=O)c3cccs3)CC2)c(C)n1CCc1cccs1. The minimum atomic E-state index is -3.42. The molecule has 0 aromatic carbocycles. The molecule has 0 aliphatic carbocycles. The molecule has 4 heterocycles. The first-order valence-electron chi connectivity index (χ1n) is 10.3.